The molecule has 2 heteroatoms. The third-order valence-electron chi connectivity index (χ3n) is 2.53. The van der Waals surface area contributed by atoms with Gasteiger partial charge >= 0.3 is 0 Å². The standard InChI is InChI=1S/C13H28N2/c1-12(2,3)9-14-7-8-15(11-14)10-13(4,5)6/h7-11H2,1-6H3. The zero-order valence-corrected chi connectivity index (χ0v) is 11.4. The van der Waals surface area contributed by atoms with Gasteiger partial charge < -0.3 is 0 Å². The molecular weight excluding hydrogens is 184 g/mol. The predicted octanol–water partition coefficient (Wildman–Crippen LogP) is 2.65. The maximum absolute atomic E-state index is 2.58. The van der Waals surface area contributed by atoms with Gasteiger partial charge in [-0.05, 0) is 10.8 Å². The average molecular weight is 212 g/mol. The highest BCUT2D eigenvalue weighted by atomic mass is 15.4. The summed E-state index contributed by atoms with van der Waals surface area (Å²) in [7, 11) is 0. The summed E-state index contributed by atoms with van der Waals surface area (Å²) >= 11 is 0. The van der Waals surface area contributed by atoms with Gasteiger partial charge in [-0.15, -0.1) is 0 Å². The molecule has 0 saturated carbocycles. The first-order valence-corrected chi connectivity index (χ1v) is 6.10. The summed E-state index contributed by atoms with van der Waals surface area (Å²) in [5.74, 6) is 0. The van der Waals surface area contributed by atoms with Crippen LogP contribution in [0.25, 0.3) is 0 Å². The zero-order valence-electron chi connectivity index (χ0n) is 11.4. The monoisotopic (exact) mass is 212 g/mol. The van der Waals surface area contributed by atoms with Crippen LogP contribution in [0.3, 0.4) is 0 Å². The maximum atomic E-state index is 2.58. The van der Waals surface area contributed by atoms with Crippen LogP contribution in [0.15, 0.2) is 0 Å². The van der Waals surface area contributed by atoms with Crippen molar-refractivity contribution in [2.24, 2.45) is 10.8 Å². The molecule has 15 heavy (non-hydrogen) atoms. The molecule has 90 valence electrons. The Morgan fingerprint density at radius 3 is 1.33 bits per heavy atom. The van der Waals surface area contributed by atoms with Gasteiger partial charge in [0.15, 0.2) is 0 Å². The fraction of sp³-hybridized carbons (Fsp3) is 1.00. The molecule has 0 aromatic rings. The third-order valence-corrected chi connectivity index (χ3v) is 2.53. The van der Waals surface area contributed by atoms with Gasteiger partial charge in [0.1, 0.15) is 0 Å². The normalized spacial score (nSPS) is 21.2. The summed E-state index contributed by atoms with van der Waals surface area (Å²) in [4.78, 5) is 5.15. The molecule has 0 unspecified atom stereocenters. The van der Waals surface area contributed by atoms with Gasteiger partial charge in [0.2, 0.25) is 0 Å². The lowest BCUT2D eigenvalue weighted by Gasteiger charge is -2.28. The molecule has 2 nitrogen and oxygen atoms in total. The maximum Gasteiger partial charge on any atom is 0.0507 e. The molecule has 0 spiro atoms. The molecule has 1 saturated heterocycles. The molecule has 0 N–H and O–H groups in total. The second kappa shape index (κ2) is 4.42. The molecule has 0 aromatic heterocycles. The first-order chi connectivity index (χ1) is 6.66. The smallest absolute Gasteiger partial charge is 0.0507 e. The molecule has 0 amide bonds. The van der Waals surface area contributed by atoms with E-state index in [1.165, 1.54) is 26.2 Å². The van der Waals surface area contributed by atoms with Crippen LogP contribution >= 0.6 is 0 Å². The van der Waals surface area contributed by atoms with Gasteiger partial charge in [0, 0.05) is 26.2 Å². The van der Waals surface area contributed by atoms with E-state index in [4.69, 9.17) is 0 Å². The van der Waals surface area contributed by atoms with Crippen LogP contribution in [0.5, 0.6) is 0 Å². The van der Waals surface area contributed by atoms with Crippen molar-refractivity contribution in [3.8, 4) is 0 Å². The Balaban J connectivity index is 2.33. The molecule has 0 aliphatic carbocycles. The van der Waals surface area contributed by atoms with Crippen molar-refractivity contribution in [3.05, 3.63) is 0 Å². The van der Waals surface area contributed by atoms with Crippen molar-refractivity contribution in [2.45, 2.75) is 41.5 Å². The van der Waals surface area contributed by atoms with Crippen molar-refractivity contribution in [1.29, 1.82) is 0 Å². The number of hydrogen-bond acceptors (Lipinski definition) is 2. The van der Waals surface area contributed by atoms with E-state index < -0.39 is 0 Å². The van der Waals surface area contributed by atoms with Gasteiger partial charge in [0.05, 0.1) is 6.67 Å². The summed E-state index contributed by atoms with van der Waals surface area (Å²) in [6.45, 7) is 20.0. The Labute approximate surface area is 95.6 Å². The average Bonchev–Trinajstić information content (AvgIpc) is 2.28. The molecule has 0 atom stereocenters. The lowest BCUT2D eigenvalue weighted by molar-refractivity contribution is 0.161. The van der Waals surface area contributed by atoms with Crippen molar-refractivity contribution in [2.75, 3.05) is 32.8 Å². The Morgan fingerprint density at radius 2 is 1.07 bits per heavy atom. The first-order valence-electron chi connectivity index (χ1n) is 6.10. The summed E-state index contributed by atoms with van der Waals surface area (Å²) < 4.78 is 0. The van der Waals surface area contributed by atoms with E-state index in [0.29, 0.717) is 10.8 Å². The minimum absolute atomic E-state index is 0.428. The van der Waals surface area contributed by atoms with Crippen LogP contribution in [-0.4, -0.2) is 42.6 Å². The van der Waals surface area contributed by atoms with Gasteiger partial charge in [-0.25, -0.2) is 0 Å². The highest BCUT2D eigenvalue weighted by molar-refractivity contribution is 4.78. The van der Waals surface area contributed by atoms with E-state index in [0.717, 1.165) is 6.67 Å². The Kier molecular flexibility index (Phi) is 3.83. The minimum atomic E-state index is 0.428. The lowest BCUT2D eigenvalue weighted by atomic mass is 9.96. The van der Waals surface area contributed by atoms with Crippen molar-refractivity contribution in [3.63, 3.8) is 0 Å². The summed E-state index contributed by atoms with van der Waals surface area (Å²) in [5, 5.41) is 0. The first kappa shape index (κ1) is 13.0. The number of hydrogen-bond donors (Lipinski definition) is 0. The van der Waals surface area contributed by atoms with Crippen LogP contribution in [0, 0.1) is 10.8 Å². The zero-order chi connectivity index (χ0) is 11.7. The van der Waals surface area contributed by atoms with E-state index in [1.54, 1.807) is 0 Å². The van der Waals surface area contributed by atoms with Gasteiger partial charge in [0.25, 0.3) is 0 Å². The molecule has 1 aliphatic heterocycles. The van der Waals surface area contributed by atoms with Crippen LogP contribution < -0.4 is 0 Å². The minimum Gasteiger partial charge on any atom is -0.289 e. The Morgan fingerprint density at radius 1 is 0.733 bits per heavy atom. The fourth-order valence-corrected chi connectivity index (χ4v) is 2.31. The summed E-state index contributed by atoms with van der Waals surface area (Å²) in [6.07, 6.45) is 0. The van der Waals surface area contributed by atoms with E-state index in [2.05, 4.69) is 51.3 Å². The second-order valence-corrected chi connectivity index (χ2v) is 7.37. The van der Waals surface area contributed by atoms with E-state index >= 15 is 0 Å². The summed E-state index contributed by atoms with van der Waals surface area (Å²) in [6, 6.07) is 0. The van der Waals surface area contributed by atoms with Crippen molar-refractivity contribution in [1.82, 2.24) is 9.80 Å². The molecule has 1 fully saturated rings. The molecule has 1 rings (SSSR count). The molecule has 0 aromatic carbocycles. The van der Waals surface area contributed by atoms with Gasteiger partial charge in [-0.2, -0.15) is 0 Å². The molecular formula is C13H28N2. The number of nitrogens with zero attached hydrogens (tertiary/aromatic N) is 2. The molecule has 0 bridgehead atoms. The van der Waals surface area contributed by atoms with Gasteiger partial charge in [-0.1, -0.05) is 41.5 Å². The van der Waals surface area contributed by atoms with E-state index in [9.17, 15) is 0 Å². The van der Waals surface area contributed by atoms with Crippen molar-refractivity contribution >= 4 is 0 Å². The van der Waals surface area contributed by atoms with Crippen LogP contribution in [-0.2, 0) is 0 Å². The quantitative estimate of drug-likeness (QED) is 0.694. The topological polar surface area (TPSA) is 6.48 Å². The largest absolute Gasteiger partial charge is 0.289 e. The van der Waals surface area contributed by atoms with Crippen molar-refractivity contribution < 1.29 is 0 Å². The highest BCUT2D eigenvalue weighted by Gasteiger charge is 2.26. The SMILES string of the molecule is CC(C)(C)CN1CCN(CC(C)(C)C)C1. The summed E-state index contributed by atoms with van der Waals surface area (Å²) in [5.41, 5.74) is 0.857. The lowest BCUT2D eigenvalue weighted by Crippen LogP contribution is -2.35. The highest BCUT2D eigenvalue weighted by Crippen LogP contribution is 2.21. The molecule has 1 aliphatic rings. The van der Waals surface area contributed by atoms with Crippen LogP contribution in [0.2, 0.25) is 0 Å². The predicted molar refractivity (Wildman–Crippen MR) is 66.9 cm³/mol. The fourth-order valence-electron chi connectivity index (χ4n) is 2.31. The van der Waals surface area contributed by atoms with Crippen LogP contribution in [0.4, 0.5) is 0 Å². The van der Waals surface area contributed by atoms with E-state index in [-0.39, 0.29) is 0 Å². The Hall–Kier alpha value is -0.0800. The molecule has 1 heterocycles. The van der Waals surface area contributed by atoms with Gasteiger partial charge in [-0.3, -0.25) is 9.80 Å². The second-order valence-electron chi connectivity index (χ2n) is 7.37. The number of rotatable bonds is 2. The van der Waals surface area contributed by atoms with Crippen LogP contribution in [0.1, 0.15) is 41.5 Å². The third kappa shape index (κ3) is 5.53. The Bertz CT molecular complexity index is 176. The van der Waals surface area contributed by atoms with E-state index in [1.807, 2.05) is 0 Å². The molecule has 0 radical (unpaired) electrons.